The van der Waals surface area contributed by atoms with Gasteiger partial charge in [0.25, 0.3) is 5.91 Å². The lowest BCUT2D eigenvalue weighted by Gasteiger charge is -2.41. The third-order valence-electron chi connectivity index (χ3n) is 5.14. The second kappa shape index (κ2) is 7.79. The van der Waals surface area contributed by atoms with E-state index in [9.17, 15) is 4.79 Å². The van der Waals surface area contributed by atoms with E-state index < -0.39 is 0 Å². The van der Waals surface area contributed by atoms with Gasteiger partial charge in [-0.3, -0.25) is 9.69 Å². The molecule has 2 aromatic carbocycles. The molecule has 0 radical (unpaired) electrons. The lowest BCUT2D eigenvalue weighted by atomic mass is 9.98. The van der Waals surface area contributed by atoms with E-state index in [0.29, 0.717) is 6.04 Å². The Hall–Kier alpha value is -2.53. The fourth-order valence-corrected chi connectivity index (χ4v) is 3.74. The minimum atomic E-state index is 0.0564. The fraction of sp³-hybridized carbons (Fsp3) is 0.381. The monoisotopic (exact) mass is 352 g/mol. The van der Waals surface area contributed by atoms with Crippen molar-refractivity contribution in [1.82, 2.24) is 9.80 Å². The predicted molar refractivity (Wildman–Crippen MR) is 99.4 cm³/mol. The normalized spacial score (nSPS) is 20.2. The number of rotatable bonds is 4. The molecule has 26 heavy (non-hydrogen) atoms. The van der Waals surface area contributed by atoms with Gasteiger partial charge in [0.05, 0.1) is 6.61 Å². The summed E-state index contributed by atoms with van der Waals surface area (Å²) in [5.74, 6) is 1.79. The highest BCUT2D eigenvalue weighted by Gasteiger charge is 2.30. The van der Waals surface area contributed by atoms with Crippen LogP contribution in [0, 0.1) is 0 Å². The summed E-state index contributed by atoms with van der Waals surface area (Å²) in [6.07, 6.45) is 1.00. The molecule has 0 N–H and O–H groups in total. The van der Waals surface area contributed by atoms with Gasteiger partial charge in [0, 0.05) is 44.2 Å². The number of benzene rings is 2. The Bertz CT molecular complexity index is 742. The molecule has 1 amide bonds. The number of carbonyl (C=O) groups excluding carboxylic acids is 1. The molecule has 136 valence electrons. The van der Waals surface area contributed by atoms with Gasteiger partial charge in [-0.2, -0.15) is 0 Å². The minimum absolute atomic E-state index is 0.0564. The van der Waals surface area contributed by atoms with Crippen LogP contribution < -0.4 is 9.47 Å². The van der Waals surface area contributed by atoms with E-state index in [1.165, 1.54) is 5.56 Å². The lowest BCUT2D eigenvalue weighted by Crippen LogP contribution is -2.51. The molecular formula is C21H24N2O3. The van der Waals surface area contributed by atoms with Gasteiger partial charge < -0.3 is 14.4 Å². The summed E-state index contributed by atoms with van der Waals surface area (Å²) in [6, 6.07) is 18.2. The first-order chi connectivity index (χ1) is 12.8. The number of hydrogen-bond acceptors (Lipinski definition) is 4. The van der Waals surface area contributed by atoms with E-state index in [1.54, 1.807) is 0 Å². The van der Waals surface area contributed by atoms with Gasteiger partial charge >= 0.3 is 0 Å². The number of carbonyl (C=O) groups is 1. The van der Waals surface area contributed by atoms with Gasteiger partial charge in [0.1, 0.15) is 11.5 Å². The third-order valence-corrected chi connectivity index (χ3v) is 5.14. The van der Waals surface area contributed by atoms with E-state index in [2.05, 4.69) is 17.0 Å². The molecule has 2 aliphatic heterocycles. The highest BCUT2D eigenvalue weighted by molar-refractivity contribution is 5.77. The topological polar surface area (TPSA) is 42.0 Å². The summed E-state index contributed by atoms with van der Waals surface area (Å²) < 4.78 is 11.4. The van der Waals surface area contributed by atoms with Crippen molar-refractivity contribution in [3.05, 3.63) is 60.2 Å². The van der Waals surface area contributed by atoms with Crippen LogP contribution in [0.1, 0.15) is 18.0 Å². The van der Waals surface area contributed by atoms with Crippen molar-refractivity contribution < 1.29 is 14.3 Å². The summed E-state index contributed by atoms with van der Waals surface area (Å²) in [5.41, 5.74) is 1.27. The van der Waals surface area contributed by atoms with Crippen LogP contribution in [0.5, 0.6) is 11.5 Å². The molecule has 1 saturated heterocycles. The van der Waals surface area contributed by atoms with Crippen LogP contribution in [-0.2, 0) is 4.79 Å². The van der Waals surface area contributed by atoms with E-state index in [1.807, 2.05) is 47.4 Å². The Morgan fingerprint density at radius 3 is 2.54 bits per heavy atom. The highest BCUT2D eigenvalue weighted by atomic mass is 16.5. The van der Waals surface area contributed by atoms with Gasteiger partial charge in [-0.1, -0.05) is 36.4 Å². The van der Waals surface area contributed by atoms with Crippen molar-refractivity contribution in [2.45, 2.75) is 12.5 Å². The molecule has 0 spiro atoms. The molecular weight excluding hydrogens is 328 g/mol. The largest absolute Gasteiger partial charge is 0.493 e. The summed E-state index contributed by atoms with van der Waals surface area (Å²) >= 11 is 0. The lowest BCUT2D eigenvalue weighted by molar-refractivity contribution is -0.135. The van der Waals surface area contributed by atoms with Crippen LogP contribution in [0.15, 0.2) is 54.6 Å². The van der Waals surface area contributed by atoms with Gasteiger partial charge in [-0.25, -0.2) is 0 Å². The van der Waals surface area contributed by atoms with Crippen LogP contribution in [-0.4, -0.2) is 55.1 Å². The Balaban J connectivity index is 1.31. The zero-order chi connectivity index (χ0) is 17.8. The summed E-state index contributed by atoms with van der Waals surface area (Å²) in [4.78, 5) is 16.8. The van der Waals surface area contributed by atoms with E-state index in [-0.39, 0.29) is 12.5 Å². The maximum absolute atomic E-state index is 12.4. The van der Waals surface area contributed by atoms with Crippen LogP contribution in [0.3, 0.4) is 0 Å². The molecule has 0 aliphatic carbocycles. The zero-order valence-corrected chi connectivity index (χ0v) is 14.8. The number of hydrogen-bond donors (Lipinski definition) is 0. The number of amides is 1. The van der Waals surface area contributed by atoms with Gasteiger partial charge in [-0.15, -0.1) is 0 Å². The van der Waals surface area contributed by atoms with Crippen molar-refractivity contribution in [2.75, 3.05) is 39.4 Å². The first-order valence-electron chi connectivity index (χ1n) is 9.22. The average Bonchev–Trinajstić information content (AvgIpc) is 2.72. The zero-order valence-electron chi connectivity index (χ0n) is 14.8. The molecule has 4 rings (SSSR count). The number of nitrogens with zero attached hydrogens (tertiary/aromatic N) is 2. The van der Waals surface area contributed by atoms with Crippen LogP contribution in [0.2, 0.25) is 0 Å². The Labute approximate surface area is 154 Å². The molecule has 0 saturated carbocycles. The molecule has 1 unspecified atom stereocenters. The fourth-order valence-electron chi connectivity index (χ4n) is 3.74. The number of fused-ring (bicyclic) bond motifs is 1. The van der Waals surface area contributed by atoms with Crippen LogP contribution in [0.25, 0.3) is 0 Å². The average molecular weight is 352 g/mol. The molecule has 0 aromatic heterocycles. The summed E-state index contributed by atoms with van der Waals surface area (Å²) in [7, 11) is 0. The first-order valence-corrected chi connectivity index (χ1v) is 9.22. The Kier molecular flexibility index (Phi) is 5.07. The molecule has 1 atom stereocenters. The smallest absolute Gasteiger partial charge is 0.260 e. The van der Waals surface area contributed by atoms with Gasteiger partial charge in [0.15, 0.2) is 6.61 Å². The third kappa shape index (κ3) is 3.68. The van der Waals surface area contributed by atoms with Crippen LogP contribution >= 0.6 is 0 Å². The van der Waals surface area contributed by atoms with Crippen molar-refractivity contribution in [2.24, 2.45) is 0 Å². The van der Waals surface area contributed by atoms with Crippen molar-refractivity contribution in [3.8, 4) is 11.5 Å². The van der Waals surface area contributed by atoms with E-state index in [4.69, 9.17) is 9.47 Å². The maximum atomic E-state index is 12.4. The maximum Gasteiger partial charge on any atom is 0.260 e. The molecule has 1 fully saturated rings. The second-order valence-corrected chi connectivity index (χ2v) is 6.71. The Morgan fingerprint density at radius 2 is 1.73 bits per heavy atom. The number of ether oxygens (including phenoxy) is 2. The summed E-state index contributed by atoms with van der Waals surface area (Å²) in [6.45, 7) is 4.12. The van der Waals surface area contributed by atoms with E-state index in [0.717, 1.165) is 50.7 Å². The van der Waals surface area contributed by atoms with Crippen molar-refractivity contribution in [1.29, 1.82) is 0 Å². The van der Waals surface area contributed by atoms with Crippen molar-refractivity contribution >= 4 is 5.91 Å². The molecule has 0 bridgehead atoms. The molecule has 5 heteroatoms. The van der Waals surface area contributed by atoms with E-state index >= 15 is 0 Å². The number of para-hydroxylation sites is 2. The van der Waals surface area contributed by atoms with Crippen LogP contribution in [0.4, 0.5) is 0 Å². The standard InChI is InChI=1S/C21H24N2O3/c24-21(16-26-17-6-2-1-3-7-17)23-13-11-22(12-14-23)19-10-15-25-20-9-5-4-8-18(19)20/h1-9,19H,10-16H2. The quantitative estimate of drug-likeness (QED) is 0.849. The number of piperazine rings is 1. The summed E-state index contributed by atoms with van der Waals surface area (Å²) in [5, 5.41) is 0. The Morgan fingerprint density at radius 1 is 1.00 bits per heavy atom. The minimum Gasteiger partial charge on any atom is -0.493 e. The van der Waals surface area contributed by atoms with Gasteiger partial charge in [0.2, 0.25) is 0 Å². The van der Waals surface area contributed by atoms with Gasteiger partial charge in [-0.05, 0) is 18.2 Å². The molecule has 2 heterocycles. The molecule has 5 nitrogen and oxygen atoms in total. The highest BCUT2D eigenvalue weighted by Crippen LogP contribution is 2.36. The second-order valence-electron chi connectivity index (χ2n) is 6.71. The first kappa shape index (κ1) is 16.9. The SMILES string of the molecule is O=C(COc1ccccc1)N1CCN(C2CCOc3ccccc32)CC1. The molecule has 2 aromatic rings. The predicted octanol–water partition coefficient (Wildman–Crippen LogP) is 2.73. The molecule has 2 aliphatic rings. The van der Waals surface area contributed by atoms with Crippen molar-refractivity contribution in [3.63, 3.8) is 0 Å².